The van der Waals surface area contributed by atoms with Gasteiger partial charge >= 0.3 is 6.09 Å². The summed E-state index contributed by atoms with van der Waals surface area (Å²) >= 11 is 0. The molecule has 1 aliphatic rings. The summed E-state index contributed by atoms with van der Waals surface area (Å²) in [7, 11) is 3.12. The Morgan fingerprint density at radius 1 is 0.947 bits per heavy atom. The molecule has 202 valence electrons. The third-order valence-electron chi connectivity index (χ3n) is 6.50. The first-order chi connectivity index (χ1) is 18.5. The zero-order valence-electron chi connectivity index (χ0n) is 21.6. The highest BCUT2D eigenvalue weighted by Gasteiger charge is 2.40. The number of benzene rings is 3. The first kappa shape index (κ1) is 27.4. The highest BCUT2D eigenvalue weighted by molar-refractivity contribution is 5.84. The van der Waals surface area contributed by atoms with E-state index < -0.39 is 17.4 Å². The summed E-state index contributed by atoms with van der Waals surface area (Å²) in [6, 6.07) is 19.8. The van der Waals surface area contributed by atoms with Gasteiger partial charge in [0.15, 0.2) is 19.4 Å². The summed E-state index contributed by atoms with van der Waals surface area (Å²) in [5.74, 6) is 0.732. The normalized spacial score (nSPS) is 13.9. The Morgan fingerprint density at radius 2 is 1.71 bits per heavy atom. The van der Waals surface area contributed by atoms with Crippen LogP contribution in [0.2, 0.25) is 0 Å². The lowest BCUT2D eigenvalue weighted by atomic mass is 9.71. The smallest absolute Gasteiger partial charge is 0.412 e. The van der Waals surface area contributed by atoms with E-state index >= 15 is 4.39 Å². The fourth-order valence-electron chi connectivity index (χ4n) is 4.37. The molecule has 9 heteroatoms. The first-order valence-corrected chi connectivity index (χ1v) is 12.4. The molecule has 0 heterocycles. The standard InChI is InChI=1S/C29H33FN2O6/c1-34-19-37-23-12-13-24(26(16-23)38-20-35-2)29(14-7-15-29)31-17-22-10-6-11-25(27(22)30)32-28(33)36-18-21-8-4-3-5-9-21/h3-6,8-13,16,31H,7,14-15,17-20H2,1-2H3,(H,32,33). The van der Waals surface area contributed by atoms with Crippen LogP contribution in [-0.4, -0.2) is 33.9 Å². The topological polar surface area (TPSA) is 87.3 Å². The van der Waals surface area contributed by atoms with Crippen LogP contribution in [0.4, 0.5) is 14.9 Å². The monoisotopic (exact) mass is 524 g/mol. The minimum Gasteiger partial charge on any atom is -0.467 e. The van der Waals surface area contributed by atoms with Gasteiger partial charge < -0.3 is 29.0 Å². The van der Waals surface area contributed by atoms with Gasteiger partial charge in [-0.05, 0) is 43.0 Å². The van der Waals surface area contributed by atoms with Gasteiger partial charge in [-0.2, -0.15) is 0 Å². The number of anilines is 1. The Balaban J connectivity index is 1.44. The fraction of sp³-hybridized carbons (Fsp3) is 0.345. The van der Waals surface area contributed by atoms with Crippen LogP contribution in [0.15, 0.2) is 66.7 Å². The SMILES string of the molecule is COCOc1ccc(C2(NCc3cccc(NC(=O)OCc4ccccc4)c3F)CCC2)c(OCOC)c1. The zero-order valence-corrected chi connectivity index (χ0v) is 21.6. The second-order valence-electron chi connectivity index (χ2n) is 9.01. The van der Waals surface area contributed by atoms with Crippen molar-refractivity contribution in [1.29, 1.82) is 0 Å². The van der Waals surface area contributed by atoms with Crippen LogP contribution in [0.3, 0.4) is 0 Å². The zero-order chi connectivity index (χ0) is 26.8. The molecule has 38 heavy (non-hydrogen) atoms. The molecule has 4 rings (SSSR count). The minimum atomic E-state index is -0.718. The molecule has 0 aromatic heterocycles. The van der Waals surface area contributed by atoms with E-state index in [-0.39, 0.29) is 32.4 Å². The molecule has 1 amide bonds. The van der Waals surface area contributed by atoms with E-state index in [9.17, 15) is 4.79 Å². The van der Waals surface area contributed by atoms with Crippen molar-refractivity contribution in [3.05, 3.63) is 89.2 Å². The Kier molecular flexibility index (Phi) is 9.53. The highest BCUT2D eigenvalue weighted by atomic mass is 19.1. The molecule has 1 saturated carbocycles. The summed E-state index contributed by atoms with van der Waals surface area (Å²) in [6.07, 6.45) is 2.03. The van der Waals surface area contributed by atoms with Gasteiger partial charge in [0.25, 0.3) is 0 Å². The molecule has 2 N–H and O–H groups in total. The number of halogens is 1. The van der Waals surface area contributed by atoms with Gasteiger partial charge in [0.2, 0.25) is 0 Å². The maximum absolute atomic E-state index is 15.3. The molecule has 0 saturated heterocycles. The molecular formula is C29H33FN2O6. The molecular weight excluding hydrogens is 491 g/mol. The predicted molar refractivity (Wildman–Crippen MR) is 140 cm³/mol. The largest absolute Gasteiger partial charge is 0.467 e. The van der Waals surface area contributed by atoms with E-state index in [1.165, 1.54) is 6.07 Å². The maximum atomic E-state index is 15.3. The Labute approximate surface area is 222 Å². The first-order valence-electron chi connectivity index (χ1n) is 12.4. The number of nitrogens with one attached hydrogen (secondary N) is 2. The second kappa shape index (κ2) is 13.2. The molecule has 1 aliphatic carbocycles. The third kappa shape index (κ3) is 6.80. The summed E-state index contributed by atoms with van der Waals surface area (Å²) in [4.78, 5) is 12.3. The van der Waals surface area contributed by atoms with Crippen molar-refractivity contribution in [1.82, 2.24) is 5.32 Å². The van der Waals surface area contributed by atoms with Gasteiger partial charge in [0.05, 0.1) is 5.69 Å². The second-order valence-corrected chi connectivity index (χ2v) is 9.01. The van der Waals surface area contributed by atoms with Crippen molar-refractivity contribution in [2.75, 3.05) is 33.1 Å². The van der Waals surface area contributed by atoms with Crippen molar-refractivity contribution < 1.29 is 32.9 Å². The van der Waals surface area contributed by atoms with Crippen LogP contribution in [0.1, 0.15) is 36.0 Å². The van der Waals surface area contributed by atoms with Crippen molar-refractivity contribution >= 4 is 11.8 Å². The number of hydrogen-bond acceptors (Lipinski definition) is 7. The third-order valence-corrected chi connectivity index (χ3v) is 6.50. The average Bonchev–Trinajstić information content (AvgIpc) is 2.92. The lowest BCUT2D eigenvalue weighted by Crippen LogP contribution is -2.48. The highest BCUT2D eigenvalue weighted by Crippen LogP contribution is 2.46. The number of carbonyl (C=O) groups is 1. The number of hydrogen-bond donors (Lipinski definition) is 2. The average molecular weight is 525 g/mol. The quantitative estimate of drug-likeness (QED) is 0.277. The van der Waals surface area contributed by atoms with E-state index in [0.29, 0.717) is 17.1 Å². The Morgan fingerprint density at radius 3 is 2.42 bits per heavy atom. The Bertz CT molecular complexity index is 1200. The molecule has 0 unspecified atom stereocenters. The summed E-state index contributed by atoms with van der Waals surface area (Å²) in [6.45, 7) is 0.558. The van der Waals surface area contributed by atoms with Crippen molar-refractivity contribution in [2.45, 2.75) is 38.0 Å². The fourth-order valence-corrected chi connectivity index (χ4v) is 4.37. The van der Waals surface area contributed by atoms with Crippen molar-refractivity contribution in [3.63, 3.8) is 0 Å². The van der Waals surface area contributed by atoms with Crippen LogP contribution < -0.4 is 20.1 Å². The number of rotatable bonds is 13. The summed E-state index contributed by atoms with van der Waals surface area (Å²) in [5, 5.41) is 6.05. The molecule has 0 radical (unpaired) electrons. The van der Waals surface area contributed by atoms with Crippen LogP contribution in [0, 0.1) is 5.82 Å². The molecule has 0 aliphatic heterocycles. The van der Waals surface area contributed by atoms with Gasteiger partial charge in [0, 0.05) is 43.5 Å². The Hall–Kier alpha value is -3.66. The van der Waals surface area contributed by atoms with Crippen molar-refractivity contribution in [2.24, 2.45) is 0 Å². The molecule has 3 aromatic rings. The number of methoxy groups -OCH3 is 2. The molecule has 0 bridgehead atoms. The lowest BCUT2D eigenvalue weighted by molar-refractivity contribution is 0.0434. The van der Waals surface area contributed by atoms with Crippen LogP contribution in [0.25, 0.3) is 0 Å². The van der Waals surface area contributed by atoms with Gasteiger partial charge in [-0.3, -0.25) is 5.32 Å². The molecule has 8 nitrogen and oxygen atoms in total. The summed E-state index contributed by atoms with van der Waals surface area (Å²) in [5.41, 5.74) is 1.89. The molecule has 0 spiro atoms. The van der Waals surface area contributed by atoms with Crippen LogP contribution in [-0.2, 0) is 32.9 Å². The van der Waals surface area contributed by atoms with Gasteiger partial charge in [-0.25, -0.2) is 9.18 Å². The van der Waals surface area contributed by atoms with Gasteiger partial charge in [0.1, 0.15) is 18.1 Å². The van der Waals surface area contributed by atoms with E-state index in [1.807, 2.05) is 42.5 Å². The van der Waals surface area contributed by atoms with Crippen molar-refractivity contribution in [3.8, 4) is 11.5 Å². The minimum absolute atomic E-state index is 0.0637. The van der Waals surface area contributed by atoms with Gasteiger partial charge in [-0.1, -0.05) is 42.5 Å². The predicted octanol–water partition coefficient (Wildman–Crippen LogP) is 5.71. The van der Waals surface area contributed by atoms with E-state index in [1.54, 1.807) is 32.4 Å². The molecule has 0 atom stereocenters. The molecule has 1 fully saturated rings. The van der Waals surface area contributed by atoms with E-state index in [2.05, 4.69) is 10.6 Å². The number of ether oxygens (including phenoxy) is 5. The molecule has 3 aromatic carbocycles. The number of amides is 1. The number of carbonyl (C=O) groups excluding carboxylic acids is 1. The van der Waals surface area contributed by atoms with E-state index in [4.69, 9.17) is 23.7 Å². The van der Waals surface area contributed by atoms with Gasteiger partial charge in [-0.15, -0.1) is 0 Å². The van der Waals surface area contributed by atoms with Crippen LogP contribution >= 0.6 is 0 Å². The van der Waals surface area contributed by atoms with E-state index in [0.717, 1.165) is 30.4 Å². The maximum Gasteiger partial charge on any atom is 0.412 e. The van der Waals surface area contributed by atoms with Crippen LogP contribution in [0.5, 0.6) is 11.5 Å². The summed E-state index contributed by atoms with van der Waals surface area (Å²) < 4.78 is 42.1. The lowest BCUT2D eigenvalue weighted by Gasteiger charge is -2.44.